The maximum atomic E-state index is 13.4. The maximum Gasteiger partial charge on any atom is 0.149 e. The fourth-order valence-corrected chi connectivity index (χ4v) is 2.31. The summed E-state index contributed by atoms with van der Waals surface area (Å²) in [5.74, 6) is 1.18. The number of hydrogen-bond acceptors (Lipinski definition) is 4. The molecular weight excluding hydrogens is 257 g/mol. The van der Waals surface area contributed by atoms with Gasteiger partial charge in [-0.2, -0.15) is 5.10 Å². The molecule has 0 radical (unpaired) electrons. The molecule has 2 heterocycles. The van der Waals surface area contributed by atoms with Gasteiger partial charge in [-0.3, -0.25) is 0 Å². The van der Waals surface area contributed by atoms with Crippen molar-refractivity contribution >= 4 is 5.82 Å². The van der Waals surface area contributed by atoms with Gasteiger partial charge >= 0.3 is 0 Å². The molecule has 2 aromatic rings. The van der Waals surface area contributed by atoms with Crippen LogP contribution in [0.1, 0.15) is 29.3 Å². The molecule has 1 aromatic carbocycles. The summed E-state index contributed by atoms with van der Waals surface area (Å²) in [7, 11) is 0. The van der Waals surface area contributed by atoms with Gasteiger partial charge in [0.05, 0.1) is 18.3 Å². The van der Waals surface area contributed by atoms with Gasteiger partial charge in [0, 0.05) is 12.0 Å². The summed E-state index contributed by atoms with van der Waals surface area (Å²) in [6.45, 7) is 4.52. The van der Waals surface area contributed by atoms with Gasteiger partial charge < -0.3 is 10.1 Å². The van der Waals surface area contributed by atoms with Crippen molar-refractivity contribution < 1.29 is 9.13 Å². The first-order chi connectivity index (χ1) is 9.63. The smallest absolute Gasteiger partial charge is 0.149 e. The van der Waals surface area contributed by atoms with Crippen LogP contribution in [-0.2, 0) is 0 Å². The predicted octanol–water partition coefficient (Wildman–Crippen LogP) is 3.17. The number of nitrogens with zero attached hydrogens (tertiary/aromatic N) is 2. The van der Waals surface area contributed by atoms with Crippen molar-refractivity contribution in [2.75, 3.05) is 11.9 Å². The summed E-state index contributed by atoms with van der Waals surface area (Å²) in [6.07, 6.45) is 0.769. The highest BCUT2D eigenvalue weighted by Crippen LogP contribution is 2.34. The minimum atomic E-state index is -0.257. The largest absolute Gasteiger partial charge is 0.493 e. The van der Waals surface area contributed by atoms with Crippen LogP contribution in [0.15, 0.2) is 24.3 Å². The van der Waals surface area contributed by atoms with Crippen molar-refractivity contribution in [3.8, 4) is 5.75 Å². The SMILES string of the molecule is Cc1cc(NC2CCOc3ccc(F)cc32)nnc1C. The quantitative estimate of drug-likeness (QED) is 0.913. The second-order valence-electron chi connectivity index (χ2n) is 5.01. The Hall–Kier alpha value is -2.17. The van der Waals surface area contributed by atoms with Crippen LogP contribution >= 0.6 is 0 Å². The molecule has 4 nitrogen and oxygen atoms in total. The molecule has 0 aliphatic carbocycles. The molecule has 0 amide bonds. The Labute approximate surface area is 117 Å². The molecule has 5 heteroatoms. The maximum absolute atomic E-state index is 13.4. The first kappa shape index (κ1) is 12.8. The number of aryl methyl sites for hydroxylation is 2. The molecule has 0 saturated heterocycles. The number of nitrogens with one attached hydrogen (secondary N) is 1. The average molecular weight is 273 g/mol. The van der Waals surface area contributed by atoms with E-state index >= 15 is 0 Å². The van der Waals surface area contributed by atoms with E-state index in [0.717, 1.165) is 29.0 Å². The van der Waals surface area contributed by atoms with Crippen LogP contribution in [0.4, 0.5) is 10.2 Å². The lowest BCUT2D eigenvalue weighted by molar-refractivity contribution is 0.273. The number of benzene rings is 1. The van der Waals surface area contributed by atoms with Gasteiger partial charge in [-0.15, -0.1) is 5.10 Å². The predicted molar refractivity (Wildman–Crippen MR) is 74.4 cm³/mol. The fourth-order valence-electron chi connectivity index (χ4n) is 2.31. The number of fused-ring (bicyclic) bond motifs is 1. The third-order valence-electron chi connectivity index (χ3n) is 3.57. The van der Waals surface area contributed by atoms with Crippen LogP contribution in [0.5, 0.6) is 5.75 Å². The highest BCUT2D eigenvalue weighted by molar-refractivity contribution is 5.45. The zero-order valence-electron chi connectivity index (χ0n) is 11.5. The van der Waals surface area contributed by atoms with Crippen molar-refractivity contribution in [1.29, 1.82) is 0 Å². The Morgan fingerprint density at radius 1 is 1.25 bits per heavy atom. The Bertz CT molecular complexity index is 645. The number of rotatable bonds is 2. The number of hydrogen-bond donors (Lipinski definition) is 1. The lowest BCUT2D eigenvalue weighted by atomic mass is 10.0. The summed E-state index contributed by atoms with van der Waals surface area (Å²) in [4.78, 5) is 0. The van der Waals surface area contributed by atoms with E-state index in [0.29, 0.717) is 12.4 Å². The molecule has 1 unspecified atom stereocenters. The molecule has 1 N–H and O–H groups in total. The van der Waals surface area contributed by atoms with Gasteiger partial charge in [0.1, 0.15) is 17.4 Å². The lowest BCUT2D eigenvalue weighted by Gasteiger charge is -2.27. The average Bonchev–Trinajstić information content (AvgIpc) is 2.44. The summed E-state index contributed by atoms with van der Waals surface area (Å²) >= 11 is 0. The van der Waals surface area contributed by atoms with E-state index in [2.05, 4.69) is 15.5 Å². The summed E-state index contributed by atoms with van der Waals surface area (Å²) in [5, 5.41) is 11.5. The zero-order chi connectivity index (χ0) is 14.1. The van der Waals surface area contributed by atoms with Crippen LogP contribution < -0.4 is 10.1 Å². The molecule has 0 bridgehead atoms. The van der Waals surface area contributed by atoms with E-state index < -0.39 is 0 Å². The Balaban J connectivity index is 1.89. The number of anilines is 1. The Kier molecular flexibility index (Phi) is 3.26. The van der Waals surface area contributed by atoms with E-state index in [4.69, 9.17) is 4.74 Å². The monoisotopic (exact) mass is 273 g/mol. The van der Waals surface area contributed by atoms with Gasteiger partial charge in [-0.25, -0.2) is 4.39 Å². The molecule has 0 fully saturated rings. The van der Waals surface area contributed by atoms with Crippen LogP contribution in [-0.4, -0.2) is 16.8 Å². The molecule has 0 saturated carbocycles. The molecule has 104 valence electrons. The van der Waals surface area contributed by atoms with Gasteiger partial charge in [0.2, 0.25) is 0 Å². The Morgan fingerprint density at radius 3 is 2.90 bits per heavy atom. The van der Waals surface area contributed by atoms with Crippen LogP contribution in [0.2, 0.25) is 0 Å². The van der Waals surface area contributed by atoms with Gasteiger partial charge in [-0.05, 0) is 43.7 Å². The van der Waals surface area contributed by atoms with E-state index in [-0.39, 0.29) is 11.9 Å². The van der Waals surface area contributed by atoms with E-state index in [1.54, 1.807) is 6.07 Å². The van der Waals surface area contributed by atoms with Crippen LogP contribution in [0.3, 0.4) is 0 Å². The van der Waals surface area contributed by atoms with Crippen molar-refractivity contribution in [3.63, 3.8) is 0 Å². The summed E-state index contributed by atoms with van der Waals surface area (Å²) < 4.78 is 19.0. The second-order valence-corrected chi connectivity index (χ2v) is 5.01. The van der Waals surface area contributed by atoms with Crippen LogP contribution in [0.25, 0.3) is 0 Å². The Morgan fingerprint density at radius 2 is 2.10 bits per heavy atom. The minimum absolute atomic E-state index is 0.00847. The molecule has 1 atom stereocenters. The topological polar surface area (TPSA) is 47.0 Å². The van der Waals surface area contributed by atoms with E-state index in [9.17, 15) is 4.39 Å². The summed E-state index contributed by atoms with van der Waals surface area (Å²) in [6, 6.07) is 6.55. The number of ether oxygens (including phenoxy) is 1. The molecule has 0 spiro atoms. The highest BCUT2D eigenvalue weighted by atomic mass is 19.1. The van der Waals surface area contributed by atoms with Gasteiger partial charge in [0.15, 0.2) is 0 Å². The normalized spacial score (nSPS) is 17.2. The number of halogens is 1. The van der Waals surface area contributed by atoms with Crippen molar-refractivity contribution in [3.05, 3.63) is 46.9 Å². The highest BCUT2D eigenvalue weighted by Gasteiger charge is 2.22. The van der Waals surface area contributed by atoms with E-state index in [1.165, 1.54) is 12.1 Å². The zero-order valence-corrected chi connectivity index (χ0v) is 11.5. The first-order valence-corrected chi connectivity index (χ1v) is 6.63. The molecular formula is C15H16FN3O. The van der Waals surface area contributed by atoms with Crippen molar-refractivity contribution in [1.82, 2.24) is 10.2 Å². The lowest BCUT2D eigenvalue weighted by Crippen LogP contribution is -2.21. The fraction of sp³-hybridized carbons (Fsp3) is 0.333. The van der Waals surface area contributed by atoms with Crippen LogP contribution in [0, 0.1) is 19.7 Å². The third kappa shape index (κ3) is 2.43. The first-order valence-electron chi connectivity index (χ1n) is 6.63. The molecule has 1 aliphatic rings. The second kappa shape index (κ2) is 5.07. The van der Waals surface area contributed by atoms with Crippen molar-refractivity contribution in [2.45, 2.75) is 26.3 Å². The standard InChI is InChI=1S/C15H16FN3O/c1-9-7-15(19-18-10(9)2)17-13-5-6-20-14-4-3-11(16)8-12(13)14/h3-4,7-8,13H,5-6H2,1-2H3,(H,17,19). The van der Waals surface area contributed by atoms with Gasteiger partial charge in [-0.1, -0.05) is 0 Å². The van der Waals surface area contributed by atoms with Crippen molar-refractivity contribution in [2.24, 2.45) is 0 Å². The van der Waals surface area contributed by atoms with E-state index in [1.807, 2.05) is 19.9 Å². The minimum Gasteiger partial charge on any atom is -0.493 e. The van der Waals surface area contributed by atoms with Gasteiger partial charge in [0.25, 0.3) is 0 Å². The molecule has 1 aliphatic heterocycles. The molecule has 1 aromatic heterocycles. The molecule has 20 heavy (non-hydrogen) atoms. The molecule has 3 rings (SSSR count). The number of aromatic nitrogens is 2. The third-order valence-corrected chi connectivity index (χ3v) is 3.57. The summed E-state index contributed by atoms with van der Waals surface area (Å²) in [5.41, 5.74) is 2.82.